The maximum absolute atomic E-state index is 6.45. The van der Waals surface area contributed by atoms with E-state index in [0.29, 0.717) is 28.5 Å². The van der Waals surface area contributed by atoms with Crippen LogP contribution in [0.3, 0.4) is 0 Å². The molecule has 1 aliphatic carbocycles. The van der Waals surface area contributed by atoms with E-state index in [1.54, 1.807) is 23.1 Å². The largest absolute Gasteiger partial charge is 0.338 e. The van der Waals surface area contributed by atoms with Crippen molar-refractivity contribution in [3.8, 4) is 22.8 Å². The number of hydrogen-bond acceptors (Lipinski definition) is 7. The van der Waals surface area contributed by atoms with Gasteiger partial charge < -0.3 is 4.52 Å². The molecule has 148 valence electrons. The summed E-state index contributed by atoms with van der Waals surface area (Å²) in [4.78, 5) is 4.50. The van der Waals surface area contributed by atoms with Crippen LogP contribution in [0.15, 0.2) is 50.8 Å². The van der Waals surface area contributed by atoms with Gasteiger partial charge in [0.2, 0.25) is 11.7 Å². The molecule has 1 aromatic carbocycles. The first-order valence-corrected chi connectivity index (χ1v) is 11.8. The van der Waals surface area contributed by atoms with Gasteiger partial charge >= 0.3 is 0 Å². The molecule has 29 heavy (non-hydrogen) atoms. The number of thiophene rings is 1. The van der Waals surface area contributed by atoms with Crippen LogP contribution in [0.25, 0.3) is 22.8 Å². The van der Waals surface area contributed by atoms with Crippen molar-refractivity contribution in [1.29, 1.82) is 0 Å². The summed E-state index contributed by atoms with van der Waals surface area (Å²) in [5.74, 6) is 2.58. The Bertz CT molecular complexity index is 1100. The van der Waals surface area contributed by atoms with Gasteiger partial charge in [-0.15, -0.1) is 10.2 Å². The molecule has 0 unspecified atom stereocenters. The van der Waals surface area contributed by atoms with E-state index in [4.69, 9.17) is 16.1 Å². The minimum absolute atomic E-state index is 0.392. The van der Waals surface area contributed by atoms with E-state index in [9.17, 15) is 0 Å². The Morgan fingerprint density at radius 2 is 2.03 bits per heavy atom. The molecule has 9 heteroatoms. The van der Waals surface area contributed by atoms with Crippen LogP contribution in [0.2, 0.25) is 5.02 Å². The topological polar surface area (TPSA) is 69.6 Å². The van der Waals surface area contributed by atoms with E-state index in [0.717, 1.165) is 34.9 Å². The quantitative estimate of drug-likeness (QED) is 0.334. The molecule has 5 rings (SSSR count). The van der Waals surface area contributed by atoms with E-state index in [-0.39, 0.29) is 0 Å². The Morgan fingerprint density at radius 1 is 1.17 bits per heavy atom. The highest BCUT2D eigenvalue weighted by Gasteiger charge is 2.26. The molecular formula is C20H18ClN5OS2. The zero-order chi connectivity index (χ0) is 19.6. The normalized spacial score (nSPS) is 14.7. The molecule has 0 bridgehead atoms. The average molecular weight is 444 g/mol. The highest BCUT2D eigenvalue weighted by molar-refractivity contribution is 7.98. The second-order valence-corrected chi connectivity index (χ2v) is 9.04. The molecule has 0 N–H and O–H groups in total. The van der Waals surface area contributed by atoms with Crippen molar-refractivity contribution >= 4 is 34.7 Å². The Morgan fingerprint density at radius 3 is 2.83 bits per heavy atom. The van der Waals surface area contributed by atoms with Crippen LogP contribution in [0.5, 0.6) is 0 Å². The molecule has 1 fully saturated rings. The van der Waals surface area contributed by atoms with Gasteiger partial charge in [0, 0.05) is 22.5 Å². The fourth-order valence-corrected chi connectivity index (χ4v) is 5.34. The third-order valence-corrected chi connectivity index (χ3v) is 6.98. The maximum atomic E-state index is 6.45. The minimum atomic E-state index is 0.392. The first-order chi connectivity index (χ1) is 14.3. The van der Waals surface area contributed by atoms with Crippen LogP contribution in [-0.4, -0.2) is 24.9 Å². The molecule has 0 aliphatic heterocycles. The lowest BCUT2D eigenvalue weighted by atomic mass is 10.2. The predicted molar refractivity (Wildman–Crippen MR) is 115 cm³/mol. The standard InChI is InChI=1S/C20H18ClN5OS2/c21-16-8-4-3-7-15(16)19-23-24-20(26(19)14-5-1-2-6-14)29-12-17-22-18(25-27-17)13-9-10-28-11-13/h3-4,7-11,14H,1-2,5-6,12H2. The van der Waals surface area contributed by atoms with E-state index >= 15 is 0 Å². The first kappa shape index (κ1) is 18.8. The first-order valence-electron chi connectivity index (χ1n) is 9.47. The molecule has 3 heterocycles. The smallest absolute Gasteiger partial charge is 0.237 e. The number of rotatable bonds is 6. The zero-order valence-corrected chi connectivity index (χ0v) is 17.9. The van der Waals surface area contributed by atoms with Crippen molar-refractivity contribution < 1.29 is 4.52 Å². The van der Waals surface area contributed by atoms with Crippen molar-refractivity contribution in [2.24, 2.45) is 0 Å². The SMILES string of the molecule is Clc1ccccc1-c1nnc(SCc2nc(-c3ccsc3)no2)n1C1CCCC1. The summed E-state index contributed by atoms with van der Waals surface area (Å²) in [6, 6.07) is 10.2. The lowest BCUT2D eigenvalue weighted by molar-refractivity contribution is 0.391. The molecule has 3 aromatic heterocycles. The summed E-state index contributed by atoms with van der Waals surface area (Å²) in [6.07, 6.45) is 4.71. The van der Waals surface area contributed by atoms with Gasteiger partial charge in [0.1, 0.15) is 0 Å². The average Bonchev–Trinajstić information content (AvgIpc) is 3.54. The van der Waals surface area contributed by atoms with Crippen molar-refractivity contribution in [2.75, 3.05) is 0 Å². The monoisotopic (exact) mass is 443 g/mol. The number of halogens is 1. The van der Waals surface area contributed by atoms with Gasteiger partial charge in [0.05, 0.1) is 10.8 Å². The molecule has 0 saturated heterocycles. The van der Waals surface area contributed by atoms with Gasteiger partial charge in [0.15, 0.2) is 11.0 Å². The molecule has 0 radical (unpaired) electrons. The van der Waals surface area contributed by atoms with Gasteiger partial charge in [-0.05, 0) is 36.4 Å². The molecule has 6 nitrogen and oxygen atoms in total. The molecule has 0 atom stereocenters. The van der Waals surface area contributed by atoms with Crippen molar-refractivity contribution in [3.63, 3.8) is 0 Å². The number of benzene rings is 1. The number of hydrogen-bond donors (Lipinski definition) is 0. The Balaban J connectivity index is 1.42. The number of aromatic nitrogens is 5. The van der Waals surface area contributed by atoms with E-state index in [1.165, 1.54) is 12.8 Å². The van der Waals surface area contributed by atoms with E-state index in [1.807, 2.05) is 41.1 Å². The fourth-order valence-electron chi connectivity index (χ4n) is 3.64. The molecule has 4 aromatic rings. The van der Waals surface area contributed by atoms with Gasteiger partial charge in [-0.2, -0.15) is 16.3 Å². The summed E-state index contributed by atoms with van der Waals surface area (Å²) in [6.45, 7) is 0. The molecule has 1 aliphatic rings. The van der Waals surface area contributed by atoms with Crippen molar-refractivity contribution in [2.45, 2.75) is 42.6 Å². The highest BCUT2D eigenvalue weighted by Crippen LogP contribution is 2.38. The third kappa shape index (κ3) is 3.84. The number of thioether (sulfide) groups is 1. The van der Waals surface area contributed by atoms with Crippen LogP contribution in [-0.2, 0) is 5.75 Å². The van der Waals surface area contributed by atoms with E-state index < -0.39 is 0 Å². The molecule has 0 amide bonds. The van der Waals surface area contributed by atoms with Gasteiger partial charge in [-0.3, -0.25) is 4.57 Å². The van der Waals surface area contributed by atoms with Crippen LogP contribution < -0.4 is 0 Å². The molecule has 0 spiro atoms. The molecule has 1 saturated carbocycles. The van der Waals surface area contributed by atoms with E-state index in [2.05, 4.69) is 24.9 Å². The summed E-state index contributed by atoms with van der Waals surface area (Å²) in [7, 11) is 0. The Hall–Kier alpha value is -2.16. The van der Waals surface area contributed by atoms with Crippen molar-refractivity contribution in [1.82, 2.24) is 24.9 Å². The second kappa shape index (κ2) is 8.30. The summed E-state index contributed by atoms with van der Waals surface area (Å²) in [5.41, 5.74) is 1.89. The molecular weight excluding hydrogens is 426 g/mol. The fraction of sp³-hybridized carbons (Fsp3) is 0.300. The number of nitrogens with zero attached hydrogens (tertiary/aromatic N) is 5. The second-order valence-electron chi connectivity index (χ2n) is 6.91. The summed E-state index contributed by atoms with van der Waals surface area (Å²) >= 11 is 9.63. The maximum Gasteiger partial charge on any atom is 0.237 e. The van der Waals surface area contributed by atoms with Crippen LogP contribution >= 0.6 is 34.7 Å². The summed E-state index contributed by atoms with van der Waals surface area (Å²) in [5, 5.41) is 18.6. The minimum Gasteiger partial charge on any atom is -0.338 e. The summed E-state index contributed by atoms with van der Waals surface area (Å²) < 4.78 is 7.68. The Kier molecular flexibility index (Phi) is 5.39. The van der Waals surface area contributed by atoms with Crippen LogP contribution in [0.4, 0.5) is 0 Å². The lowest BCUT2D eigenvalue weighted by Gasteiger charge is -2.17. The van der Waals surface area contributed by atoms with Crippen LogP contribution in [0.1, 0.15) is 37.6 Å². The zero-order valence-electron chi connectivity index (χ0n) is 15.5. The Labute approximate surface area is 181 Å². The van der Waals surface area contributed by atoms with Crippen molar-refractivity contribution in [3.05, 3.63) is 52.0 Å². The lowest BCUT2D eigenvalue weighted by Crippen LogP contribution is -2.08. The van der Waals surface area contributed by atoms with Gasteiger partial charge in [-0.25, -0.2) is 0 Å². The third-order valence-electron chi connectivity index (χ3n) is 5.04. The highest BCUT2D eigenvalue weighted by atomic mass is 35.5. The van der Waals surface area contributed by atoms with Crippen LogP contribution in [0, 0.1) is 0 Å². The van der Waals surface area contributed by atoms with Gasteiger partial charge in [-0.1, -0.05) is 53.5 Å². The predicted octanol–water partition coefficient (Wildman–Crippen LogP) is 6.12. The van der Waals surface area contributed by atoms with Gasteiger partial charge in [0.25, 0.3) is 0 Å².